The van der Waals surface area contributed by atoms with E-state index in [1.54, 1.807) is 0 Å². The quantitative estimate of drug-likeness (QED) is 0.622. The normalized spacial score (nSPS) is 29.6. The van der Waals surface area contributed by atoms with Gasteiger partial charge in [0.05, 0.1) is 10.6 Å². The van der Waals surface area contributed by atoms with E-state index < -0.39 is 0 Å². The highest BCUT2D eigenvalue weighted by Gasteiger charge is 2.43. The first kappa shape index (κ1) is 13.9. The molecule has 0 spiro atoms. The van der Waals surface area contributed by atoms with Crippen molar-refractivity contribution in [2.45, 2.75) is 42.6 Å². The fourth-order valence-electron chi connectivity index (χ4n) is 3.25. The molecular weight excluding hydrogens is 393 g/mol. The molecule has 1 aromatic rings. The van der Waals surface area contributed by atoms with E-state index in [9.17, 15) is 4.79 Å². The third kappa shape index (κ3) is 2.47. The van der Waals surface area contributed by atoms with Crippen molar-refractivity contribution in [2.24, 2.45) is 0 Å². The third-order valence-electron chi connectivity index (χ3n) is 4.09. The molecule has 0 aliphatic carbocycles. The number of benzene rings is 1. The molecule has 19 heavy (non-hydrogen) atoms. The van der Waals surface area contributed by atoms with E-state index >= 15 is 0 Å². The number of carbonyl (C=O) groups is 1. The standard InChI is InChI=1S/C14H14Br2ClNO/c15-8-6-9-4-5-10(7-8)18(9)14(19)11-2-1-3-12(16)13(11)17/h1-3,8-10H,4-7H2. The smallest absolute Gasteiger partial charge is 0.255 e. The topological polar surface area (TPSA) is 20.3 Å². The highest BCUT2D eigenvalue weighted by Crippen LogP contribution is 2.40. The minimum atomic E-state index is 0.0817. The number of amides is 1. The van der Waals surface area contributed by atoms with Crippen LogP contribution in [0.25, 0.3) is 0 Å². The first-order valence-electron chi connectivity index (χ1n) is 6.48. The summed E-state index contributed by atoms with van der Waals surface area (Å²) in [5, 5.41) is 0.521. The molecule has 2 saturated heterocycles. The Kier molecular flexibility index (Phi) is 3.93. The van der Waals surface area contributed by atoms with Gasteiger partial charge in [0.2, 0.25) is 0 Å². The number of hydrogen-bond acceptors (Lipinski definition) is 1. The van der Waals surface area contributed by atoms with Crippen LogP contribution in [0.15, 0.2) is 22.7 Å². The lowest BCUT2D eigenvalue weighted by Gasteiger charge is -2.37. The monoisotopic (exact) mass is 405 g/mol. The zero-order chi connectivity index (χ0) is 13.6. The van der Waals surface area contributed by atoms with Gasteiger partial charge in [-0.25, -0.2) is 0 Å². The second-order valence-electron chi connectivity index (χ2n) is 5.27. The Morgan fingerprint density at radius 2 is 1.89 bits per heavy atom. The molecule has 0 radical (unpaired) electrons. The number of halogens is 3. The fraction of sp³-hybridized carbons (Fsp3) is 0.500. The van der Waals surface area contributed by atoms with Crippen molar-refractivity contribution in [3.05, 3.63) is 33.3 Å². The average molecular weight is 408 g/mol. The predicted octanol–water partition coefficient (Wildman–Crippen LogP) is 4.63. The van der Waals surface area contributed by atoms with Crippen LogP contribution in [0.3, 0.4) is 0 Å². The van der Waals surface area contributed by atoms with Crippen LogP contribution in [0.5, 0.6) is 0 Å². The lowest BCUT2D eigenvalue weighted by atomic mass is 10.0. The average Bonchev–Trinajstić information content (AvgIpc) is 2.64. The molecule has 3 rings (SSSR count). The number of carbonyl (C=O) groups excluding carboxylic acids is 1. The molecule has 2 nitrogen and oxygen atoms in total. The van der Waals surface area contributed by atoms with E-state index in [1.807, 2.05) is 18.2 Å². The van der Waals surface area contributed by atoms with Gasteiger partial charge in [0.1, 0.15) is 0 Å². The number of nitrogens with zero attached hydrogens (tertiary/aromatic N) is 1. The maximum Gasteiger partial charge on any atom is 0.255 e. The second kappa shape index (κ2) is 5.38. The Hall–Kier alpha value is -0.0600. The van der Waals surface area contributed by atoms with Crippen molar-refractivity contribution in [1.29, 1.82) is 0 Å². The maximum atomic E-state index is 12.7. The number of alkyl halides is 1. The van der Waals surface area contributed by atoms with E-state index in [0.29, 0.717) is 27.5 Å². The zero-order valence-corrected chi connectivity index (χ0v) is 14.2. The highest BCUT2D eigenvalue weighted by molar-refractivity contribution is 9.10. The summed E-state index contributed by atoms with van der Waals surface area (Å²) in [5.74, 6) is 0.0817. The van der Waals surface area contributed by atoms with Gasteiger partial charge < -0.3 is 4.90 Å². The lowest BCUT2D eigenvalue weighted by Crippen LogP contribution is -2.46. The van der Waals surface area contributed by atoms with Crippen LogP contribution in [0.1, 0.15) is 36.0 Å². The van der Waals surface area contributed by atoms with Gasteiger partial charge in [-0.15, -0.1) is 0 Å². The van der Waals surface area contributed by atoms with Gasteiger partial charge in [-0.1, -0.05) is 33.6 Å². The first-order chi connectivity index (χ1) is 9.08. The molecule has 2 fully saturated rings. The summed E-state index contributed by atoms with van der Waals surface area (Å²) in [6.45, 7) is 0. The van der Waals surface area contributed by atoms with E-state index in [2.05, 4.69) is 36.8 Å². The molecule has 1 aromatic carbocycles. The van der Waals surface area contributed by atoms with Gasteiger partial charge >= 0.3 is 0 Å². The summed E-state index contributed by atoms with van der Waals surface area (Å²) < 4.78 is 0.780. The molecule has 0 aromatic heterocycles. The Bertz CT molecular complexity index is 508. The SMILES string of the molecule is O=C(c1cccc(Br)c1Cl)N1C2CCC1CC(Br)C2. The van der Waals surface area contributed by atoms with Crippen LogP contribution in [-0.4, -0.2) is 27.7 Å². The van der Waals surface area contributed by atoms with Gasteiger partial charge in [0.15, 0.2) is 0 Å². The molecule has 5 heteroatoms. The number of rotatable bonds is 1. The molecule has 102 valence electrons. The number of fused-ring (bicyclic) bond motifs is 2. The molecule has 2 aliphatic heterocycles. The van der Waals surface area contributed by atoms with Crippen LogP contribution >= 0.6 is 43.5 Å². The highest BCUT2D eigenvalue weighted by atomic mass is 79.9. The Morgan fingerprint density at radius 3 is 2.53 bits per heavy atom. The summed E-state index contributed by atoms with van der Waals surface area (Å²) in [6.07, 6.45) is 4.33. The molecule has 0 saturated carbocycles. The number of hydrogen-bond donors (Lipinski definition) is 0. The molecule has 0 N–H and O–H groups in total. The summed E-state index contributed by atoms with van der Waals surface area (Å²) in [4.78, 5) is 15.4. The Labute approximate surface area is 134 Å². The van der Waals surface area contributed by atoms with Crippen molar-refractivity contribution in [1.82, 2.24) is 4.90 Å². The Balaban J connectivity index is 1.91. The van der Waals surface area contributed by atoms with Gasteiger partial charge in [0.25, 0.3) is 5.91 Å². The summed E-state index contributed by atoms with van der Waals surface area (Å²) in [6, 6.07) is 6.27. The van der Waals surface area contributed by atoms with Crippen LogP contribution in [-0.2, 0) is 0 Å². The molecule has 2 bridgehead atoms. The van der Waals surface area contributed by atoms with Crippen LogP contribution in [0.4, 0.5) is 0 Å². The van der Waals surface area contributed by atoms with Crippen LogP contribution in [0.2, 0.25) is 5.02 Å². The van der Waals surface area contributed by atoms with Crippen molar-refractivity contribution < 1.29 is 4.79 Å². The van der Waals surface area contributed by atoms with Crippen LogP contribution in [0, 0.1) is 0 Å². The summed E-state index contributed by atoms with van der Waals surface area (Å²) >= 11 is 13.3. The van der Waals surface area contributed by atoms with Gasteiger partial charge in [-0.3, -0.25) is 4.79 Å². The molecular formula is C14H14Br2ClNO. The predicted molar refractivity (Wildman–Crippen MR) is 84.1 cm³/mol. The van der Waals surface area contributed by atoms with E-state index in [1.165, 1.54) is 0 Å². The van der Waals surface area contributed by atoms with Crippen LogP contribution < -0.4 is 0 Å². The summed E-state index contributed by atoms with van der Waals surface area (Å²) in [5.41, 5.74) is 0.612. The molecule has 2 aliphatic rings. The maximum absolute atomic E-state index is 12.7. The Morgan fingerprint density at radius 1 is 1.26 bits per heavy atom. The summed E-state index contributed by atoms with van der Waals surface area (Å²) in [7, 11) is 0. The lowest BCUT2D eigenvalue weighted by molar-refractivity contribution is 0.0603. The van der Waals surface area contributed by atoms with E-state index in [-0.39, 0.29) is 5.91 Å². The van der Waals surface area contributed by atoms with Crippen molar-refractivity contribution in [3.8, 4) is 0 Å². The van der Waals surface area contributed by atoms with E-state index in [4.69, 9.17) is 11.6 Å². The molecule has 2 unspecified atom stereocenters. The van der Waals surface area contributed by atoms with Crippen molar-refractivity contribution >= 4 is 49.4 Å². The third-order valence-corrected chi connectivity index (χ3v) is 6.14. The number of piperidine rings is 1. The second-order valence-corrected chi connectivity index (χ2v) is 7.79. The van der Waals surface area contributed by atoms with Gasteiger partial charge in [0, 0.05) is 21.4 Å². The largest absolute Gasteiger partial charge is 0.333 e. The minimum absolute atomic E-state index is 0.0817. The first-order valence-corrected chi connectivity index (χ1v) is 8.57. The van der Waals surface area contributed by atoms with Crippen molar-refractivity contribution in [2.75, 3.05) is 0 Å². The fourth-order valence-corrected chi connectivity index (χ4v) is 4.69. The van der Waals surface area contributed by atoms with Crippen molar-refractivity contribution in [3.63, 3.8) is 0 Å². The van der Waals surface area contributed by atoms with Gasteiger partial charge in [-0.05, 0) is 53.7 Å². The zero-order valence-electron chi connectivity index (χ0n) is 10.3. The minimum Gasteiger partial charge on any atom is -0.333 e. The van der Waals surface area contributed by atoms with Gasteiger partial charge in [-0.2, -0.15) is 0 Å². The molecule has 2 atom stereocenters. The molecule has 2 heterocycles. The van der Waals surface area contributed by atoms with E-state index in [0.717, 1.165) is 30.2 Å². The molecule has 1 amide bonds.